The average molecular weight is 222 g/mol. The summed E-state index contributed by atoms with van der Waals surface area (Å²) < 4.78 is 4.38. The first-order valence-corrected chi connectivity index (χ1v) is 4.44. The number of primary amides is 1. The number of amides is 1. The number of hydrogen-bond acceptors (Lipinski definition) is 4. The summed E-state index contributed by atoms with van der Waals surface area (Å²) in [4.78, 5) is 20.1. The van der Waals surface area contributed by atoms with Crippen molar-refractivity contribution in [2.75, 3.05) is 0 Å². The molecule has 0 spiro atoms. The van der Waals surface area contributed by atoms with Crippen molar-refractivity contribution >= 4 is 11.8 Å². The zero-order valence-corrected chi connectivity index (χ0v) is 8.33. The molecular weight excluding hydrogens is 212 g/mol. The summed E-state index contributed by atoms with van der Waals surface area (Å²) in [5.74, 6) is 0. The van der Waals surface area contributed by atoms with Gasteiger partial charge in [-0.25, -0.2) is 4.79 Å². The van der Waals surface area contributed by atoms with E-state index in [0.717, 1.165) is 5.56 Å². The van der Waals surface area contributed by atoms with Crippen molar-refractivity contribution in [2.45, 2.75) is 6.42 Å². The van der Waals surface area contributed by atoms with E-state index >= 15 is 0 Å². The molecular formula is C10H10N2O4. The molecule has 0 aliphatic heterocycles. The third-order valence-electron chi connectivity index (χ3n) is 1.78. The van der Waals surface area contributed by atoms with E-state index in [4.69, 9.17) is 5.73 Å². The lowest BCUT2D eigenvalue weighted by Crippen LogP contribution is -2.08. The Morgan fingerprint density at radius 3 is 2.56 bits per heavy atom. The molecule has 0 aliphatic carbocycles. The number of benzene rings is 1. The highest BCUT2D eigenvalue weighted by atomic mass is 16.6. The van der Waals surface area contributed by atoms with Gasteiger partial charge in [0.15, 0.2) is 0 Å². The van der Waals surface area contributed by atoms with E-state index in [2.05, 4.69) is 4.74 Å². The minimum atomic E-state index is -0.875. The average Bonchev–Trinajstić information content (AvgIpc) is 2.25. The Morgan fingerprint density at radius 1 is 1.44 bits per heavy atom. The monoisotopic (exact) mass is 222 g/mol. The summed E-state index contributed by atoms with van der Waals surface area (Å²) >= 11 is 0. The summed E-state index contributed by atoms with van der Waals surface area (Å²) in [6, 6.07) is 6.09. The quantitative estimate of drug-likeness (QED) is 0.476. The van der Waals surface area contributed by atoms with Crippen molar-refractivity contribution in [3.05, 3.63) is 52.3 Å². The first-order chi connectivity index (χ1) is 7.59. The van der Waals surface area contributed by atoms with Crippen molar-refractivity contribution in [3.8, 4) is 0 Å². The molecule has 0 saturated heterocycles. The zero-order chi connectivity index (χ0) is 12.0. The fraction of sp³-hybridized carbons (Fsp3) is 0.100. The van der Waals surface area contributed by atoms with Gasteiger partial charge in [-0.1, -0.05) is 12.1 Å². The van der Waals surface area contributed by atoms with E-state index in [1.54, 1.807) is 18.2 Å². The maximum atomic E-state index is 10.4. The Morgan fingerprint density at radius 2 is 2.06 bits per heavy atom. The molecule has 0 unspecified atom stereocenters. The van der Waals surface area contributed by atoms with Gasteiger partial charge in [-0.05, 0) is 18.1 Å². The van der Waals surface area contributed by atoms with Crippen LogP contribution in [0.5, 0.6) is 0 Å². The highest BCUT2D eigenvalue weighted by molar-refractivity contribution is 5.65. The van der Waals surface area contributed by atoms with E-state index in [0.29, 0.717) is 6.42 Å². The second-order valence-corrected chi connectivity index (χ2v) is 2.94. The molecule has 1 aromatic carbocycles. The number of hydrogen-bond donors (Lipinski definition) is 1. The number of allylic oxidation sites excluding steroid dienone is 1. The first kappa shape index (κ1) is 11.7. The van der Waals surface area contributed by atoms with E-state index < -0.39 is 11.0 Å². The number of rotatable bonds is 4. The van der Waals surface area contributed by atoms with E-state index in [1.165, 1.54) is 18.4 Å². The number of nitrogens with zero attached hydrogens (tertiary/aromatic N) is 1. The predicted octanol–water partition coefficient (Wildman–Crippen LogP) is 1.75. The second kappa shape index (κ2) is 5.50. The van der Waals surface area contributed by atoms with Gasteiger partial charge in [-0.15, -0.1) is 0 Å². The lowest BCUT2D eigenvalue weighted by Gasteiger charge is -1.96. The molecule has 1 aromatic rings. The Balaban J connectivity index is 2.52. The second-order valence-electron chi connectivity index (χ2n) is 2.94. The maximum Gasteiger partial charge on any atom is 0.409 e. The summed E-state index contributed by atoms with van der Waals surface area (Å²) in [6.07, 6.45) is 2.40. The molecule has 2 N–H and O–H groups in total. The SMILES string of the molecule is NC(=O)OC=CCc1ccc([N+](=O)[O-])cc1. The van der Waals surface area contributed by atoms with Crippen molar-refractivity contribution in [2.24, 2.45) is 5.73 Å². The van der Waals surface area contributed by atoms with Crippen molar-refractivity contribution in [3.63, 3.8) is 0 Å². The number of nitro benzene ring substituents is 1. The third kappa shape index (κ3) is 3.79. The Hall–Kier alpha value is -2.37. The number of nitrogens with two attached hydrogens (primary N) is 1. The van der Waals surface area contributed by atoms with E-state index in [9.17, 15) is 14.9 Å². The van der Waals surface area contributed by atoms with Crippen molar-refractivity contribution < 1.29 is 14.5 Å². The maximum absolute atomic E-state index is 10.4. The van der Waals surface area contributed by atoms with Crippen LogP contribution in [0.2, 0.25) is 0 Å². The molecule has 0 aliphatic rings. The van der Waals surface area contributed by atoms with Crippen molar-refractivity contribution in [1.82, 2.24) is 0 Å². The number of ether oxygens (including phenoxy) is 1. The van der Waals surface area contributed by atoms with Crippen LogP contribution in [0, 0.1) is 10.1 Å². The van der Waals surface area contributed by atoms with Crippen LogP contribution in [-0.2, 0) is 11.2 Å². The number of nitro groups is 1. The fourth-order valence-electron chi connectivity index (χ4n) is 1.05. The molecule has 0 saturated carbocycles. The molecule has 84 valence electrons. The van der Waals surface area contributed by atoms with Gasteiger partial charge in [0, 0.05) is 12.1 Å². The van der Waals surface area contributed by atoms with Gasteiger partial charge in [-0.2, -0.15) is 0 Å². The molecule has 1 rings (SSSR count). The van der Waals surface area contributed by atoms with Crippen LogP contribution in [0.25, 0.3) is 0 Å². The van der Waals surface area contributed by atoms with Gasteiger partial charge in [0.1, 0.15) is 0 Å². The largest absolute Gasteiger partial charge is 0.419 e. The molecule has 0 bridgehead atoms. The summed E-state index contributed by atoms with van der Waals surface area (Å²) in [5, 5.41) is 10.4. The predicted molar refractivity (Wildman–Crippen MR) is 56.6 cm³/mol. The Labute approximate surface area is 91.5 Å². The zero-order valence-electron chi connectivity index (χ0n) is 8.33. The summed E-state index contributed by atoms with van der Waals surface area (Å²) in [6.45, 7) is 0. The van der Waals surface area contributed by atoms with Crippen LogP contribution >= 0.6 is 0 Å². The normalized spacial score (nSPS) is 10.2. The highest BCUT2D eigenvalue weighted by Gasteiger charge is 2.02. The molecule has 0 aromatic heterocycles. The summed E-state index contributed by atoms with van der Waals surface area (Å²) in [5.41, 5.74) is 5.65. The van der Waals surface area contributed by atoms with Gasteiger partial charge < -0.3 is 10.5 Å². The molecule has 16 heavy (non-hydrogen) atoms. The topological polar surface area (TPSA) is 95.5 Å². The van der Waals surface area contributed by atoms with Crippen LogP contribution < -0.4 is 5.73 Å². The first-order valence-electron chi connectivity index (χ1n) is 4.44. The van der Waals surface area contributed by atoms with Gasteiger partial charge in [-0.3, -0.25) is 10.1 Å². The van der Waals surface area contributed by atoms with E-state index in [1.807, 2.05) is 0 Å². The van der Waals surface area contributed by atoms with Crippen LogP contribution in [0.4, 0.5) is 10.5 Å². The summed E-state index contributed by atoms with van der Waals surface area (Å²) in [7, 11) is 0. The Kier molecular flexibility index (Phi) is 4.02. The molecule has 0 fully saturated rings. The van der Waals surface area contributed by atoms with Crippen LogP contribution in [0.15, 0.2) is 36.6 Å². The molecule has 0 atom stereocenters. The standard InChI is InChI=1S/C10H10N2O4/c11-10(13)16-7-1-2-8-3-5-9(6-4-8)12(14)15/h1,3-7H,2H2,(H2,11,13). The molecule has 1 amide bonds. The number of non-ortho nitro benzene ring substituents is 1. The molecule has 6 heteroatoms. The molecule has 0 radical (unpaired) electrons. The number of carbonyl (C=O) groups excluding carboxylic acids is 1. The van der Waals surface area contributed by atoms with Gasteiger partial charge >= 0.3 is 6.09 Å². The molecule has 0 heterocycles. The highest BCUT2D eigenvalue weighted by Crippen LogP contribution is 2.12. The van der Waals surface area contributed by atoms with Crippen LogP contribution in [-0.4, -0.2) is 11.0 Å². The van der Waals surface area contributed by atoms with E-state index in [-0.39, 0.29) is 5.69 Å². The van der Waals surface area contributed by atoms with Crippen LogP contribution in [0.1, 0.15) is 5.56 Å². The van der Waals surface area contributed by atoms with Crippen molar-refractivity contribution in [1.29, 1.82) is 0 Å². The van der Waals surface area contributed by atoms with Crippen LogP contribution in [0.3, 0.4) is 0 Å². The minimum absolute atomic E-state index is 0.0427. The number of carbonyl (C=O) groups is 1. The lowest BCUT2D eigenvalue weighted by molar-refractivity contribution is -0.384. The fourth-order valence-corrected chi connectivity index (χ4v) is 1.05. The molecule has 6 nitrogen and oxygen atoms in total. The van der Waals surface area contributed by atoms with Gasteiger partial charge in [0.05, 0.1) is 11.2 Å². The van der Waals surface area contributed by atoms with Gasteiger partial charge in [0.2, 0.25) is 0 Å². The lowest BCUT2D eigenvalue weighted by atomic mass is 10.1. The third-order valence-corrected chi connectivity index (χ3v) is 1.78. The smallest absolute Gasteiger partial charge is 0.409 e. The van der Waals surface area contributed by atoms with Gasteiger partial charge in [0.25, 0.3) is 5.69 Å². The Bertz CT molecular complexity index is 411. The minimum Gasteiger partial charge on any atom is -0.419 e.